The third-order valence-corrected chi connectivity index (χ3v) is 5.43. The molecule has 1 amide bonds. The van der Waals surface area contributed by atoms with Crippen molar-refractivity contribution in [3.05, 3.63) is 46.5 Å². The van der Waals surface area contributed by atoms with Gasteiger partial charge in [-0.15, -0.1) is 0 Å². The second-order valence-electron chi connectivity index (χ2n) is 6.75. The van der Waals surface area contributed by atoms with Crippen molar-refractivity contribution in [3.63, 3.8) is 0 Å². The first-order chi connectivity index (χ1) is 13.6. The molecular weight excluding hydrogens is 382 g/mol. The molecule has 1 fully saturated rings. The third-order valence-electron chi connectivity index (χ3n) is 5.15. The minimum atomic E-state index is -0.0930. The van der Waals surface area contributed by atoms with Crippen LogP contribution in [0.15, 0.2) is 30.3 Å². The second kappa shape index (κ2) is 7.80. The Morgan fingerprint density at radius 1 is 1.14 bits per heavy atom. The molecule has 0 radical (unpaired) electrons. The van der Waals surface area contributed by atoms with Crippen LogP contribution in [0.2, 0.25) is 5.02 Å². The van der Waals surface area contributed by atoms with Gasteiger partial charge in [0.1, 0.15) is 24.7 Å². The van der Waals surface area contributed by atoms with E-state index in [1.165, 1.54) is 0 Å². The lowest BCUT2D eigenvalue weighted by atomic mass is 10.0. The molecule has 0 N–H and O–H groups in total. The summed E-state index contributed by atoms with van der Waals surface area (Å²) in [6, 6.07) is 8.92. The summed E-state index contributed by atoms with van der Waals surface area (Å²) in [6.07, 6.45) is 1.77. The van der Waals surface area contributed by atoms with Crippen LogP contribution in [-0.2, 0) is 0 Å². The molecule has 1 saturated heterocycles. The molecule has 1 unspecified atom stereocenters. The number of likely N-dealkylation sites (tertiary alicyclic amines) is 1. The Bertz CT molecular complexity index is 901. The van der Waals surface area contributed by atoms with Gasteiger partial charge < -0.3 is 23.8 Å². The van der Waals surface area contributed by atoms with Gasteiger partial charge in [-0.05, 0) is 43.2 Å². The van der Waals surface area contributed by atoms with E-state index >= 15 is 0 Å². The van der Waals surface area contributed by atoms with Crippen molar-refractivity contribution in [2.75, 3.05) is 34.0 Å². The van der Waals surface area contributed by atoms with Crippen LogP contribution < -0.4 is 18.9 Å². The molecule has 2 aromatic rings. The molecule has 7 heteroatoms. The van der Waals surface area contributed by atoms with E-state index in [0.29, 0.717) is 41.8 Å². The lowest BCUT2D eigenvalue weighted by molar-refractivity contribution is 0.0733. The third kappa shape index (κ3) is 3.33. The Labute approximate surface area is 168 Å². The molecular formula is C21H22ClNO5. The molecule has 0 aromatic heterocycles. The topological polar surface area (TPSA) is 57.2 Å². The van der Waals surface area contributed by atoms with Crippen LogP contribution in [0.3, 0.4) is 0 Å². The molecule has 0 spiro atoms. The van der Waals surface area contributed by atoms with E-state index in [9.17, 15) is 4.79 Å². The minimum Gasteiger partial charge on any atom is -0.497 e. The predicted molar refractivity (Wildman–Crippen MR) is 105 cm³/mol. The molecule has 2 aliphatic rings. The molecule has 0 saturated carbocycles. The van der Waals surface area contributed by atoms with E-state index in [0.717, 1.165) is 29.9 Å². The van der Waals surface area contributed by atoms with Crippen molar-refractivity contribution in [1.29, 1.82) is 0 Å². The lowest BCUT2D eigenvalue weighted by Crippen LogP contribution is -2.31. The van der Waals surface area contributed by atoms with Gasteiger partial charge in [0.15, 0.2) is 11.5 Å². The van der Waals surface area contributed by atoms with E-state index < -0.39 is 0 Å². The summed E-state index contributed by atoms with van der Waals surface area (Å²) in [7, 11) is 3.26. The van der Waals surface area contributed by atoms with Crippen LogP contribution in [-0.4, -0.2) is 44.8 Å². The van der Waals surface area contributed by atoms with Crippen LogP contribution in [0.4, 0.5) is 0 Å². The van der Waals surface area contributed by atoms with Gasteiger partial charge in [-0.2, -0.15) is 0 Å². The Hall–Kier alpha value is -2.60. The lowest BCUT2D eigenvalue weighted by Gasteiger charge is -2.27. The number of hydrogen-bond acceptors (Lipinski definition) is 5. The first-order valence-electron chi connectivity index (χ1n) is 9.24. The second-order valence-corrected chi connectivity index (χ2v) is 7.15. The largest absolute Gasteiger partial charge is 0.497 e. The number of amides is 1. The number of benzene rings is 2. The van der Waals surface area contributed by atoms with Gasteiger partial charge in [-0.25, -0.2) is 0 Å². The van der Waals surface area contributed by atoms with Crippen LogP contribution in [0.1, 0.15) is 34.8 Å². The maximum absolute atomic E-state index is 13.3. The number of nitrogens with zero attached hydrogens (tertiary/aromatic N) is 1. The Morgan fingerprint density at radius 3 is 2.75 bits per heavy atom. The normalized spacial score (nSPS) is 18.1. The number of fused-ring (bicyclic) bond motifs is 1. The zero-order valence-electron chi connectivity index (χ0n) is 15.9. The van der Waals surface area contributed by atoms with Gasteiger partial charge in [-0.1, -0.05) is 11.6 Å². The van der Waals surface area contributed by atoms with E-state index in [1.807, 2.05) is 23.1 Å². The fourth-order valence-electron chi connectivity index (χ4n) is 3.83. The minimum absolute atomic E-state index is 0.0914. The van der Waals surface area contributed by atoms with Crippen molar-refractivity contribution in [2.24, 2.45) is 0 Å². The quantitative estimate of drug-likeness (QED) is 0.769. The number of hydrogen-bond donors (Lipinski definition) is 0. The summed E-state index contributed by atoms with van der Waals surface area (Å²) in [6.45, 7) is 1.55. The van der Waals surface area contributed by atoms with E-state index in [4.69, 9.17) is 30.5 Å². The van der Waals surface area contributed by atoms with Crippen molar-refractivity contribution in [1.82, 2.24) is 4.90 Å². The number of ether oxygens (including phenoxy) is 4. The molecule has 0 bridgehead atoms. The first kappa shape index (κ1) is 18.7. The van der Waals surface area contributed by atoms with Gasteiger partial charge in [0.25, 0.3) is 5.91 Å². The summed E-state index contributed by atoms with van der Waals surface area (Å²) in [5.74, 6) is 2.39. The Kier molecular flexibility index (Phi) is 5.22. The molecule has 4 rings (SSSR count). The molecule has 2 heterocycles. The van der Waals surface area contributed by atoms with E-state index in [2.05, 4.69) is 0 Å². The van der Waals surface area contributed by atoms with Crippen LogP contribution in [0.5, 0.6) is 23.0 Å². The highest BCUT2D eigenvalue weighted by atomic mass is 35.5. The molecule has 28 heavy (non-hydrogen) atoms. The summed E-state index contributed by atoms with van der Waals surface area (Å²) in [5.41, 5.74) is 1.43. The number of carbonyl (C=O) groups excluding carboxylic acids is 1. The molecule has 2 aliphatic heterocycles. The van der Waals surface area contributed by atoms with Gasteiger partial charge in [0.2, 0.25) is 0 Å². The zero-order chi connectivity index (χ0) is 19.7. The fourth-order valence-corrected chi connectivity index (χ4v) is 4.10. The van der Waals surface area contributed by atoms with Gasteiger partial charge in [-0.3, -0.25) is 4.79 Å². The summed E-state index contributed by atoms with van der Waals surface area (Å²) < 4.78 is 22.1. The summed E-state index contributed by atoms with van der Waals surface area (Å²) in [4.78, 5) is 15.2. The van der Waals surface area contributed by atoms with Crippen molar-refractivity contribution in [2.45, 2.75) is 18.9 Å². The Balaban J connectivity index is 1.67. The number of carbonyl (C=O) groups is 1. The van der Waals surface area contributed by atoms with Crippen molar-refractivity contribution in [3.8, 4) is 23.0 Å². The maximum atomic E-state index is 13.3. The highest BCUT2D eigenvalue weighted by molar-refractivity contribution is 6.32. The maximum Gasteiger partial charge on any atom is 0.254 e. The molecule has 148 valence electrons. The SMILES string of the molecule is COc1ccc(OC)c(C2CCCN2C(=O)c2cc(Cl)c3c(c2)OCCO3)c1. The van der Waals surface area contributed by atoms with Crippen molar-refractivity contribution < 1.29 is 23.7 Å². The number of rotatable bonds is 4. The fraction of sp³-hybridized carbons (Fsp3) is 0.381. The molecule has 2 aromatic carbocycles. The van der Waals surface area contributed by atoms with Gasteiger partial charge in [0.05, 0.1) is 25.3 Å². The monoisotopic (exact) mass is 403 g/mol. The van der Waals surface area contributed by atoms with Crippen LogP contribution in [0, 0.1) is 0 Å². The highest BCUT2D eigenvalue weighted by Gasteiger charge is 2.33. The zero-order valence-corrected chi connectivity index (χ0v) is 16.6. The van der Waals surface area contributed by atoms with Gasteiger partial charge in [0, 0.05) is 17.7 Å². The van der Waals surface area contributed by atoms with E-state index in [-0.39, 0.29) is 11.9 Å². The average molecular weight is 404 g/mol. The van der Waals surface area contributed by atoms with Gasteiger partial charge >= 0.3 is 0 Å². The van der Waals surface area contributed by atoms with Crippen molar-refractivity contribution >= 4 is 17.5 Å². The number of methoxy groups -OCH3 is 2. The van der Waals surface area contributed by atoms with E-state index in [1.54, 1.807) is 26.4 Å². The number of halogens is 1. The predicted octanol–water partition coefficient (Wildman–Crippen LogP) is 4.11. The van der Waals surface area contributed by atoms with Crippen LogP contribution >= 0.6 is 11.6 Å². The standard InChI is InChI=1S/C21H22ClNO5/c1-25-14-5-6-18(26-2)15(12-14)17-4-3-7-23(17)21(24)13-10-16(22)20-19(11-13)27-8-9-28-20/h5-6,10-12,17H,3-4,7-9H2,1-2H3. The first-order valence-corrected chi connectivity index (χ1v) is 9.62. The molecule has 1 atom stereocenters. The summed E-state index contributed by atoms with van der Waals surface area (Å²) in [5, 5.41) is 0.384. The highest BCUT2D eigenvalue weighted by Crippen LogP contribution is 2.42. The summed E-state index contributed by atoms with van der Waals surface area (Å²) >= 11 is 6.33. The molecule has 6 nitrogen and oxygen atoms in total. The molecule has 0 aliphatic carbocycles. The Morgan fingerprint density at radius 2 is 1.96 bits per heavy atom. The average Bonchev–Trinajstić information content (AvgIpc) is 3.22. The smallest absolute Gasteiger partial charge is 0.254 e. The van der Waals surface area contributed by atoms with Crippen LogP contribution in [0.25, 0.3) is 0 Å².